The Bertz CT molecular complexity index is 977. The highest BCUT2D eigenvalue weighted by molar-refractivity contribution is 7.91. The molecule has 1 spiro atoms. The molecule has 3 heterocycles. The summed E-state index contributed by atoms with van der Waals surface area (Å²) in [7, 11) is -3.19. The highest BCUT2D eigenvalue weighted by Gasteiger charge is 2.55. The molecule has 9 nitrogen and oxygen atoms in total. The number of ether oxygens (including phenoxy) is 1. The smallest absolute Gasteiger partial charge is 0.325 e. The van der Waals surface area contributed by atoms with Crippen LogP contribution in [0.3, 0.4) is 0 Å². The van der Waals surface area contributed by atoms with Gasteiger partial charge in [-0.05, 0) is 19.4 Å². The zero-order chi connectivity index (χ0) is 20.2. The molecule has 4 amide bonds. The van der Waals surface area contributed by atoms with E-state index in [2.05, 4.69) is 10.6 Å². The van der Waals surface area contributed by atoms with Crippen LogP contribution in [0.1, 0.15) is 25.3 Å². The van der Waals surface area contributed by atoms with E-state index >= 15 is 0 Å². The van der Waals surface area contributed by atoms with Crippen LogP contribution in [-0.4, -0.2) is 61.4 Å². The van der Waals surface area contributed by atoms with Crippen LogP contribution in [0, 0.1) is 0 Å². The van der Waals surface area contributed by atoms with Crippen LogP contribution < -0.4 is 15.4 Å². The molecule has 150 valence electrons. The molecule has 0 radical (unpaired) electrons. The molecule has 2 saturated heterocycles. The highest BCUT2D eigenvalue weighted by Crippen LogP contribution is 2.40. The van der Waals surface area contributed by atoms with Crippen LogP contribution in [0.15, 0.2) is 24.3 Å². The van der Waals surface area contributed by atoms with Gasteiger partial charge in [-0.1, -0.05) is 18.2 Å². The van der Waals surface area contributed by atoms with Gasteiger partial charge in [0.1, 0.15) is 12.3 Å². The predicted octanol–water partition coefficient (Wildman–Crippen LogP) is -0.0904. The Hall–Kier alpha value is -2.62. The first-order valence-corrected chi connectivity index (χ1v) is 10.8. The lowest BCUT2D eigenvalue weighted by Gasteiger charge is -2.33. The predicted molar refractivity (Wildman–Crippen MR) is 98.3 cm³/mol. The number of hydrogen-bond acceptors (Lipinski definition) is 6. The molecular weight excluding hydrogens is 386 g/mol. The quantitative estimate of drug-likeness (QED) is 0.676. The molecule has 1 aromatic carbocycles. The lowest BCUT2D eigenvalue weighted by molar-refractivity contribution is -0.136. The minimum absolute atomic E-state index is 0.00675. The number of para-hydroxylation sites is 1. The molecule has 10 heteroatoms. The van der Waals surface area contributed by atoms with E-state index < -0.39 is 45.3 Å². The molecule has 4 rings (SSSR count). The third kappa shape index (κ3) is 3.01. The molecule has 0 unspecified atom stereocenters. The van der Waals surface area contributed by atoms with E-state index in [-0.39, 0.29) is 24.5 Å². The summed E-state index contributed by atoms with van der Waals surface area (Å²) in [6.45, 7) is 1.45. The van der Waals surface area contributed by atoms with Crippen molar-refractivity contribution in [2.24, 2.45) is 0 Å². The van der Waals surface area contributed by atoms with Gasteiger partial charge >= 0.3 is 6.03 Å². The number of hydrogen-bond donors (Lipinski definition) is 2. The van der Waals surface area contributed by atoms with E-state index in [1.54, 1.807) is 31.2 Å². The Morgan fingerprint density at radius 2 is 2.04 bits per heavy atom. The monoisotopic (exact) mass is 407 g/mol. The normalized spacial score (nSPS) is 30.7. The number of fused-ring (bicyclic) bond motifs is 2. The zero-order valence-electron chi connectivity index (χ0n) is 15.4. The van der Waals surface area contributed by atoms with Crippen molar-refractivity contribution in [2.45, 2.75) is 30.8 Å². The summed E-state index contributed by atoms with van der Waals surface area (Å²) < 4.78 is 29.0. The Labute approximate surface area is 162 Å². The van der Waals surface area contributed by atoms with Crippen LogP contribution in [0.4, 0.5) is 4.79 Å². The molecule has 0 aliphatic carbocycles. The molecule has 0 aromatic heterocycles. The van der Waals surface area contributed by atoms with Crippen LogP contribution in [0.2, 0.25) is 0 Å². The lowest BCUT2D eigenvalue weighted by atomic mass is 9.84. The van der Waals surface area contributed by atoms with Crippen molar-refractivity contribution < 1.29 is 27.5 Å². The van der Waals surface area contributed by atoms with Crippen LogP contribution in [-0.2, 0) is 25.0 Å². The van der Waals surface area contributed by atoms with Crippen LogP contribution >= 0.6 is 0 Å². The second kappa shape index (κ2) is 6.20. The van der Waals surface area contributed by atoms with Crippen molar-refractivity contribution in [3.05, 3.63) is 29.8 Å². The van der Waals surface area contributed by atoms with Crippen molar-refractivity contribution in [3.63, 3.8) is 0 Å². The number of sulfone groups is 1. The van der Waals surface area contributed by atoms with Gasteiger partial charge in [0.15, 0.2) is 15.4 Å². The summed E-state index contributed by atoms with van der Waals surface area (Å²) in [6.07, 6.45) is 0.568. The minimum Gasteiger partial charge on any atom is -0.493 e. The van der Waals surface area contributed by atoms with Crippen molar-refractivity contribution in [1.29, 1.82) is 0 Å². The molecule has 0 bridgehead atoms. The molecule has 3 aliphatic rings. The molecule has 0 saturated carbocycles. The van der Waals surface area contributed by atoms with Gasteiger partial charge in [0.25, 0.3) is 5.91 Å². The van der Waals surface area contributed by atoms with E-state index in [9.17, 15) is 22.8 Å². The van der Waals surface area contributed by atoms with E-state index in [1.165, 1.54) is 0 Å². The fourth-order valence-corrected chi connectivity index (χ4v) is 6.24. The minimum atomic E-state index is -3.19. The summed E-state index contributed by atoms with van der Waals surface area (Å²) in [5.74, 6) is -0.696. The fraction of sp³-hybridized carbons (Fsp3) is 0.500. The summed E-state index contributed by atoms with van der Waals surface area (Å²) in [6, 6.07) is 6.33. The number of rotatable bonds is 3. The Morgan fingerprint density at radius 3 is 2.75 bits per heavy atom. The van der Waals surface area contributed by atoms with Gasteiger partial charge in [0.2, 0.25) is 5.91 Å². The molecule has 3 aliphatic heterocycles. The van der Waals surface area contributed by atoms with Crippen molar-refractivity contribution in [1.82, 2.24) is 15.5 Å². The number of carbonyl (C=O) groups excluding carboxylic acids is 3. The summed E-state index contributed by atoms with van der Waals surface area (Å²) in [4.78, 5) is 39.0. The van der Waals surface area contributed by atoms with Gasteiger partial charge in [-0.15, -0.1) is 0 Å². The van der Waals surface area contributed by atoms with Crippen LogP contribution in [0.5, 0.6) is 5.75 Å². The molecule has 1 aromatic rings. The van der Waals surface area contributed by atoms with Gasteiger partial charge in [-0.3, -0.25) is 14.5 Å². The van der Waals surface area contributed by atoms with Gasteiger partial charge in [-0.2, -0.15) is 0 Å². The number of benzene rings is 1. The van der Waals surface area contributed by atoms with Crippen LogP contribution in [0.25, 0.3) is 0 Å². The van der Waals surface area contributed by atoms with Gasteiger partial charge < -0.3 is 15.4 Å². The number of imide groups is 1. The Balaban J connectivity index is 1.52. The topological polar surface area (TPSA) is 122 Å². The number of nitrogens with zero attached hydrogens (tertiary/aromatic N) is 1. The first-order valence-electron chi connectivity index (χ1n) is 9.02. The van der Waals surface area contributed by atoms with E-state index in [0.29, 0.717) is 17.7 Å². The highest BCUT2D eigenvalue weighted by atomic mass is 32.2. The molecule has 2 N–H and O–H groups in total. The Morgan fingerprint density at radius 1 is 1.29 bits per heavy atom. The second-order valence-corrected chi connectivity index (χ2v) is 9.96. The Kier molecular flexibility index (Phi) is 4.14. The van der Waals surface area contributed by atoms with Gasteiger partial charge in [-0.25, -0.2) is 13.2 Å². The number of nitrogens with one attached hydrogen (secondary N) is 2. The number of urea groups is 1. The maximum atomic E-state index is 13.1. The third-order valence-corrected chi connectivity index (χ3v) is 7.41. The standard InChI is InChI=1S/C18H21N3O6S/c1-17(7-9-28(25,26)11-17)19-14(22)10-21-15(23)18(20-16(21)24)6-8-27-13-5-3-2-4-12(13)18/h2-5H,6-11H2,1H3,(H,19,22)(H,20,24)/t17-,18+/m1/s1. The lowest BCUT2D eigenvalue weighted by Crippen LogP contribution is -2.52. The zero-order valence-corrected chi connectivity index (χ0v) is 16.2. The van der Waals surface area contributed by atoms with E-state index in [1.807, 2.05) is 0 Å². The number of amides is 4. The molecule has 2 atom stereocenters. The fourth-order valence-electron chi connectivity index (χ4n) is 4.14. The average Bonchev–Trinajstić information content (AvgIpc) is 3.03. The number of carbonyl (C=O) groups is 3. The summed E-state index contributed by atoms with van der Waals surface area (Å²) in [5, 5.41) is 5.40. The summed E-state index contributed by atoms with van der Waals surface area (Å²) in [5.41, 5.74) is -1.57. The second-order valence-electron chi connectivity index (χ2n) is 7.77. The maximum absolute atomic E-state index is 13.1. The molecule has 28 heavy (non-hydrogen) atoms. The van der Waals surface area contributed by atoms with Gasteiger partial charge in [0, 0.05) is 12.0 Å². The third-order valence-electron chi connectivity index (χ3n) is 5.50. The van der Waals surface area contributed by atoms with Crippen molar-refractivity contribution in [2.75, 3.05) is 24.7 Å². The molecule has 2 fully saturated rings. The largest absolute Gasteiger partial charge is 0.493 e. The first-order chi connectivity index (χ1) is 13.1. The van der Waals surface area contributed by atoms with Gasteiger partial charge in [0.05, 0.1) is 23.7 Å². The van der Waals surface area contributed by atoms with E-state index in [4.69, 9.17) is 4.74 Å². The average molecular weight is 407 g/mol. The molecular formula is C18H21N3O6S. The first kappa shape index (κ1) is 18.7. The van der Waals surface area contributed by atoms with Crippen molar-refractivity contribution >= 4 is 27.7 Å². The maximum Gasteiger partial charge on any atom is 0.325 e. The SMILES string of the molecule is C[C@@]1(NC(=O)CN2C(=O)N[C@]3(CCOc4ccccc43)C2=O)CCS(=O)(=O)C1. The summed E-state index contributed by atoms with van der Waals surface area (Å²) >= 11 is 0. The van der Waals surface area contributed by atoms with E-state index in [0.717, 1.165) is 4.90 Å². The van der Waals surface area contributed by atoms with Crippen molar-refractivity contribution in [3.8, 4) is 5.75 Å².